The normalized spacial score (nSPS) is 20.1. The second-order valence-electron chi connectivity index (χ2n) is 8.10. The van der Waals surface area contributed by atoms with Crippen LogP contribution < -0.4 is 5.32 Å². The van der Waals surface area contributed by atoms with Crippen molar-refractivity contribution >= 4 is 6.03 Å². The van der Waals surface area contributed by atoms with Crippen LogP contribution in [-0.2, 0) is 17.8 Å². The Bertz CT molecular complexity index is 764. The molecule has 1 saturated carbocycles. The first-order valence-corrected chi connectivity index (χ1v) is 10.7. The Morgan fingerprint density at radius 3 is 2.41 bits per heavy atom. The number of ether oxygens (including phenoxy) is 1. The van der Waals surface area contributed by atoms with Crippen LogP contribution in [0.2, 0.25) is 0 Å². The Morgan fingerprint density at radius 2 is 1.72 bits per heavy atom. The molecule has 1 N–H and O–H groups in total. The van der Waals surface area contributed by atoms with Gasteiger partial charge in [0.25, 0.3) is 0 Å². The quantitative estimate of drug-likeness (QED) is 0.781. The van der Waals surface area contributed by atoms with E-state index in [0.29, 0.717) is 19.1 Å². The maximum atomic E-state index is 12.9. The van der Waals surface area contributed by atoms with Crippen molar-refractivity contribution in [2.24, 2.45) is 0 Å². The highest BCUT2D eigenvalue weighted by Gasteiger charge is 2.33. The van der Waals surface area contributed by atoms with Crippen LogP contribution in [0.25, 0.3) is 0 Å². The van der Waals surface area contributed by atoms with Crippen molar-refractivity contribution in [2.45, 2.75) is 44.5 Å². The van der Waals surface area contributed by atoms with Gasteiger partial charge in [-0.15, -0.1) is 0 Å². The first-order valence-electron chi connectivity index (χ1n) is 10.7. The molecule has 154 valence electrons. The van der Waals surface area contributed by atoms with Crippen molar-refractivity contribution in [3.63, 3.8) is 0 Å². The van der Waals surface area contributed by atoms with Crippen LogP contribution in [0, 0.1) is 0 Å². The lowest BCUT2D eigenvalue weighted by Crippen LogP contribution is -2.46. The summed E-state index contributed by atoms with van der Waals surface area (Å²) >= 11 is 0. The van der Waals surface area contributed by atoms with E-state index in [2.05, 4.69) is 52.7 Å². The SMILES string of the molecule is O=C(NCC1CN(Cc2ccccc2)CCCO1)N(Cc1ccccc1)C1CC1. The first-order chi connectivity index (χ1) is 14.3. The fourth-order valence-corrected chi connectivity index (χ4v) is 3.91. The van der Waals surface area contributed by atoms with Gasteiger partial charge >= 0.3 is 6.03 Å². The molecule has 0 aromatic heterocycles. The summed E-state index contributed by atoms with van der Waals surface area (Å²) in [5.74, 6) is 0. The highest BCUT2D eigenvalue weighted by atomic mass is 16.5. The zero-order chi connectivity index (χ0) is 19.9. The molecule has 5 heteroatoms. The van der Waals surface area contributed by atoms with Crippen LogP contribution in [0.5, 0.6) is 0 Å². The van der Waals surface area contributed by atoms with Crippen LogP contribution in [-0.4, -0.2) is 54.2 Å². The van der Waals surface area contributed by atoms with E-state index in [9.17, 15) is 4.79 Å². The monoisotopic (exact) mass is 393 g/mol. The van der Waals surface area contributed by atoms with E-state index in [1.54, 1.807) is 0 Å². The Kier molecular flexibility index (Phi) is 6.80. The van der Waals surface area contributed by atoms with Gasteiger partial charge in [-0.05, 0) is 30.4 Å². The molecule has 4 rings (SSSR count). The van der Waals surface area contributed by atoms with Gasteiger partial charge in [0.2, 0.25) is 0 Å². The third kappa shape index (κ3) is 6.05. The Morgan fingerprint density at radius 1 is 1.03 bits per heavy atom. The highest BCUT2D eigenvalue weighted by Crippen LogP contribution is 2.28. The van der Waals surface area contributed by atoms with Gasteiger partial charge < -0.3 is 15.0 Å². The number of amides is 2. The molecule has 2 fully saturated rings. The predicted molar refractivity (Wildman–Crippen MR) is 114 cm³/mol. The number of hydrogen-bond donors (Lipinski definition) is 1. The van der Waals surface area contributed by atoms with Crippen LogP contribution >= 0.6 is 0 Å². The van der Waals surface area contributed by atoms with E-state index in [1.165, 1.54) is 11.1 Å². The molecule has 0 radical (unpaired) electrons. The molecule has 29 heavy (non-hydrogen) atoms. The molecule has 2 aromatic rings. The summed E-state index contributed by atoms with van der Waals surface area (Å²) in [7, 11) is 0. The Hall–Kier alpha value is -2.37. The van der Waals surface area contributed by atoms with Crippen LogP contribution in [0.1, 0.15) is 30.4 Å². The fourth-order valence-electron chi connectivity index (χ4n) is 3.91. The summed E-state index contributed by atoms with van der Waals surface area (Å²) in [6.07, 6.45) is 3.26. The molecule has 2 amide bonds. The van der Waals surface area contributed by atoms with Crippen molar-refractivity contribution in [3.05, 3.63) is 71.8 Å². The number of benzene rings is 2. The minimum Gasteiger partial charge on any atom is -0.375 e. The zero-order valence-electron chi connectivity index (χ0n) is 17.0. The molecule has 1 atom stereocenters. The molecule has 2 aliphatic rings. The van der Waals surface area contributed by atoms with E-state index in [0.717, 1.165) is 45.5 Å². The van der Waals surface area contributed by atoms with E-state index in [1.807, 2.05) is 23.1 Å². The van der Waals surface area contributed by atoms with Crippen molar-refractivity contribution in [1.82, 2.24) is 15.1 Å². The summed E-state index contributed by atoms with van der Waals surface area (Å²) in [5, 5.41) is 3.14. The van der Waals surface area contributed by atoms with Crippen molar-refractivity contribution < 1.29 is 9.53 Å². The standard InChI is InChI=1S/C24H31N3O2/c28-24(27(22-12-13-22)18-21-10-5-2-6-11-21)25-16-23-19-26(14-7-15-29-23)17-20-8-3-1-4-9-20/h1-6,8-11,22-23H,7,12-19H2,(H,25,28). The lowest BCUT2D eigenvalue weighted by atomic mass is 10.2. The van der Waals surface area contributed by atoms with E-state index >= 15 is 0 Å². The number of carbonyl (C=O) groups excluding carboxylic acids is 1. The summed E-state index contributed by atoms with van der Waals surface area (Å²) in [6, 6.07) is 21.2. The predicted octanol–water partition coefficient (Wildman–Crippen LogP) is 3.65. The van der Waals surface area contributed by atoms with E-state index < -0.39 is 0 Å². The summed E-state index contributed by atoms with van der Waals surface area (Å²) in [6.45, 7) is 4.78. The second-order valence-corrected chi connectivity index (χ2v) is 8.10. The smallest absolute Gasteiger partial charge is 0.318 e. The van der Waals surface area contributed by atoms with Crippen molar-refractivity contribution in [3.8, 4) is 0 Å². The zero-order valence-corrected chi connectivity index (χ0v) is 17.0. The number of carbonyl (C=O) groups is 1. The lowest BCUT2D eigenvalue weighted by molar-refractivity contribution is 0.0537. The third-order valence-electron chi connectivity index (χ3n) is 5.61. The summed E-state index contributed by atoms with van der Waals surface area (Å²) in [5.41, 5.74) is 2.49. The van der Waals surface area contributed by atoms with Gasteiger partial charge in [0.1, 0.15) is 0 Å². The number of hydrogen-bond acceptors (Lipinski definition) is 3. The molecular formula is C24H31N3O2. The molecule has 1 heterocycles. The molecule has 1 saturated heterocycles. The van der Waals surface area contributed by atoms with E-state index in [-0.39, 0.29) is 12.1 Å². The second kappa shape index (κ2) is 9.90. The van der Waals surface area contributed by atoms with E-state index in [4.69, 9.17) is 4.74 Å². The van der Waals surface area contributed by atoms with Crippen LogP contribution in [0.3, 0.4) is 0 Å². The van der Waals surface area contributed by atoms with Gasteiger partial charge in [-0.1, -0.05) is 60.7 Å². The maximum Gasteiger partial charge on any atom is 0.318 e. The minimum atomic E-state index is 0.0267. The lowest BCUT2D eigenvalue weighted by Gasteiger charge is -2.26. The summed E-state index contributed by atoms with van der Waals surface area (Å²) < 4.78 is 6.02. The molecule has 5 nitrogen and oxygen atoms in total. The fraction of sp³-hybridized carbons (Fsp3) is 0.458. The average Bonchev–Trinajstić information content (AvgIpc) is 3.60. The van der Waals surface area contributed by atoms with Gasteiger partial charge in [-0.3, -0.25) is 4.90 Å². The highest BCUT2D eigenvalue weighted by molar-refractivity contribution is 5.75. The molecular weight excluding hydrogens is 362 g/mol. The Balaban J connectivity index is 1.30. The van der Waals surface area contributed by atoms with Crippen molar-refractivity contribution in [1.29, 1.82) is 0 Å². The van der Waals surface area contributed by atoms with Gasteiger partial charge in [-0.25, -0.2) is 4.79 Å². The maximum absolute atomic E-state index is 12.9. The first kappa shape index (κ1) is 19.9. The van der Waals surface area contributed by atoms with Gasteiger partial charge in [0.05, 0.1) is 6.10 Å². The third-order valence-corrected chi connectivity index (χ3v) is 5.61. The number of nitrogens with one attached hydrogen (secondary N) is 1. The molecule has 1 aliphatic carbocycles. The van der Waals surface area contributed by atoms with Crippen LogP contribution in [0.15, 0.2) is 60.7 Å². The van der Waals surface area contributed by atoms with Crippen molar-refractivity contribution in [2.75, 3.05) is 26.2 Å². The van der Waals surface area contributed by atoms with Gasteiger partial charge in [0.15, 0.2) is 0 Å². The van der Waals surface area contributed by atoms with Gasteiger partial charge in [0, 0.05) is 45.4 Å². The molecule has 1 unspecified atom stereocenters. The Labute approximate surface area is 173 Å². The minimum absolute atomic E-state index is 0.0267. The molecule has 1 aliphatic heterocycles. The number of nitrogens with zero attached hydrogens (tertiary/aromatic N) is 2. The molecule has 0 spiro atoms. The largest absolute Gasteiger partial charge is 0.375 e. The molecule has 2 aromatic carbocycles. The summed E-state index contributed by atoms with van der Waals surface area (Å²) in [4.78, 5) is 17.3. The number of rotatable bonds is 7. The number of urea groups is 1. The van der Waals surface area contributed by atoms with Crippen LogP contribution in [0.4, 0.5) is 4.79 Å². The average molecular weight is 394 g/mol. The topological polar surface area (TPSA) is 44.8 Å². The molecule has 0 bridgehead atoms. The van der Waals surface area contributed by atoms with Gasteiger partial charge in [-0.2, -0.15) is 0 Å².